The molecule has 0 bridgehead atoms. The van der Waals surface area contributed by atoms with Gasteiger partial charge in [-0.15, -0.1) is 11.8 Å². The normalized spacial score (nSPS) is 15.1. The first-order valence-corrected chi connectivity index (χ1v) is 11.9. The number of aryl methyl sites for hydroxylation is 2. The Morgan fingerprint density at radius 1 is 1.21 bits per heavy atom. The summed E-state index contributed by atoms with van der Waals surface area (Å²) in [5, 5.41) is 4.64. The van der Waals surface area contributed by atoms with Crippen LogP contribution in [0.15, 0.2) is 46.2 Å². The van der Waals surface area contributed by atoms with Crippen LogP contribution in [-0.4, -0.2) is 31.2 Å². The number of rotatable bonds is 5. The molecule has 29 heavy (non-hydrogen) atoms. The molecule has 6 nitrogen and oxygen atoms in total. The van der Waals surface area contributed by atoms with Crippen molar-refractivity contribution >= 4 is 44.8 Å². The van der Waals surface area contributed by atoms with Crippen molar-refractivity contribution in [2.75, 3.05) is 16.4 Å². The summed E-state index contributed by atoms with van der Waals surface area (Å²) >= 11 is 1.51. The highest BCUT2D eigenvalue weighted by Crippen LogP contribution is 2.33. The number of hydrogen-bond donors (Lipinski definition) is 2. The summed E-state index contributed by atoms with van der Waals surface area (Å²) < 4.78 is 26.0. The van der Waals surface area contributed by atoms with Crippen molar-refractivity contribution in [3.8, 4) is 0 Å². The summed E-state index contributed by atoms with van der Waals surface area (Å²) in [5.74, 6) is 0.165. The van der Waals surface area contributed by atoms with Crippen LogP contribution in [0.1, 0.15) is 30.9 Å². The number of benzene rings is 2. The van der Waals surface area contributed by atoms with E-state index in [-0.39, 0.29) is 23.1 Å². The molecule has 1 aliphatic rings. The second-order valence-electron chi connectivity index (χ2n) is 7.23. The van der Waals surface area contributed by atoms with Gasteiger partial charge in [-0.3, -0.25) is 9.59 Å². The average Bonchev–Trinajstić information content (AvgIpc) is 2.83. The van der Waals surface area contributed by atoms with E-state index in [0.29, 0.717) is 23.5 Å². The molecular weight excluding hydrogens is 408 g/mol. The highest BCUT2D eigenvalue weighted by atomic mass is 32.2. The molecule has 0 spiro atoms. The van der Waals surface area contributed by atoms with Crippen molar-refractivity contribution in [3.05, 3.63) is 47.5 Å². The lowest BCUT2D eigenvalue weighted by atomic mass is 10.1. The zero-order valence-corrected chi connectivity index (χ0v) is 18.2. The van der Waals surface area contributed by atoms with Crippen LogP contribution in [0, 0.1) is 13.8 Å². The minimum atomic E-state index is -3.73. The lowest BCUT2D eigenvalue weighted by Gasteiger charge is -2.16. The molecule has 8 heteroatoms. The molecule has 2 aromatic rings. The van der Waals surface area contributed by atoms with E-state index in [2.05, 4.69) is 10.6 Å². The predicted octanol–water partition coefficient (Wildman–Crippen LogP) is 3.93. The van der Waals surface area contributed by atoms with E-state index < -0.39 is 15.1 Å². The highest BCUT2D eigenvalue weighted by Gasteiger charge is 2.27. The third-order valence-electron chi connectivity index (χ3n) is 4.80. The van der Waals surface area contributed by atoms with E-state index in [4.69, 9.17) is 0 Å². The fourth-order valence-corrected chi connectivity index (χ4v) is 5.45. The molecule has 1 unspecified atom stereocenters. The van der Waals surface area contributed by atoms with E-state index in [9.17, 15) is 18.0 Å². The predicted molar refractivity (Wildman–Crippen MR) is 116 cm³/mol. The number of sulfone groups is 1. The largest absolute Gasteiger partial charge is 0.326 e. The number of anilines is 2. The number of fused-ring (bicyclic) bond motifs is 1. The summed E-state index contributed by atoms with van der Waals surface area (Å²) in [6.07, 6.45) is 0.226. The number of carbonyl (C=O) groups excluding carboxylic acids is 2. The lowest BCUT2D eigenvalue weighted by Crippen LogP contribution is -2.25. The molecule has 2 N–H and O–H groups in total. The number of hydrogen-bond acceptors (Lipinski definition) is 5. The van der Waals surface area contributed by atoms with Crippen molar-refractivity contribution in [1.29, 1.82) is 0 Å². The molecule has 3 rings (SSSR count). The Morgan fingerprint density at radius 2 is 1.97 bits per heavy atom. The van der Waals surface area contributed by atoms with Gasteiger partial charge in [-0.05, 0) is 50.6 Å². The molecule has 0 saturated heterocycles. The lowest BCUT2D eigenvalue weighted by molar-refractivity contribution is -0.116. The molecule has 0 aliphatic carbocycles. The van der Waals surface area contributed by atoms with Crippen LogP contribution >= 0.6 is 11.8 Å². The molecule has 2 amide bonds. The Labute approximate surface area is 175 Å². The third kappa shape index (κ3) is 5.00. The van der Waals surface area contributed by atoms with Crippen LogP contribution < -0.4 is 10.6 Å². The van der Waals surface area contributed by atoms with Gasteiger partial charge in [0.05, 0.1) is 15.8 Å². The zero-order chi connectivity index (χ0) is 21.2. The van der Waals surface area contributed by atoms with Gasteiger partial charge in [0.15, 0.2) is 9.84 Å². The first-order valence-electron chi connectivity index (χ1n) is 9.34. The van der Waals surface area contributed by atoms with Crippen LogP contribution in [-0.2, 0) is 19.4 Å². The van der Waals surface area contributed by atoms with Gasteiger partial charge in [-0.1, -0.05) is 17.7 Å². The number of thioether (sulfide) groups is 1. The fourth-order valence-electron chi connectivity index (χ4n) is 3.13. The van der Waals surface area contributed by atoms with E-state index >= 15 is 0 Å². The van der Waals surface area contributed by atoms with E-state index in [1.807, 2.05) is 32.0 Å². The van der Waals surface area contributed by atoms with Crippen LogP contribution in [0.25, 0.3) is 0 Å². The number of nitrogens with one attached hydrogen (secondary N) is 2. The molecule has 1 atom stereocenters. The maximum Gasteiger partial charge on any atom is 0.225 e. The molecule has 0 fully saturated rings. The summed E-state index contributed by atoms with van der Waals surface area (Å²) in [6.45, 7) is 5.38. The van der Waals surface area contributed by atoms with Crippen molar-refractivity contribution in [3.63, 3.8) is 0 Å². The van der Waals surface area contributed by atoms with Gasteiger partial charge in [-0.25, -0.2) is 8.42 Å². The van der Waals surface area contributed by atoms with Crippen LogP contribution in [0.3, 0.4) is 0 Å². The number of carbonyl (C=O) groups is 2. The summed E-state index contributed by atoms with van der Waals surface area (Å²) in [5.41, 5.74) is 3.19. The molecule has 0 aromatic heterocycles. The maximum absolute atomic E-state index is 13.0. The zero-order valence-electron chi connectivity index (χ0n) is 16.6. The highest BCUT2D eigenvalue weighted by molar-refractivity contribution is 7.99. The SMILES string of the molecule is Cc1ccc(NC(=O)CC(C)S(=O)(=O)c2ccc3c(c2)NC(=O)CCS3)c(C)c1. The maximum atomic E-state index is 13.0. The van der Waals surface area contributed by atoms with Gasteiger partial charge in [0, 0.05) is 29.2 Å². The number of amides is 2. The summed E-state index contributed by atoms with van der Waals surface area (Å²) in [6, 6.07) is 10.4. The third-order valence-corrected chi connectivity index (χ3v) is 8.01. The first-order chi connectivity index (χ1) is 13.7. The Kier molecular flexibility index (Phi) is 6.33. The Balaban J connectivity index is 1.75. The van der Waals surface area contributed by atoms with E-state index in [0.717, 1.165) is 16.0 Å². The molecule has 0 saturated carbocycles. The van der Waals surface area contributed by atoms with Gasteiger partial charge in [0.25, 0.3) is 0 Å². The quantitative estimate of drug-likeness (QED) is 0.747. The molecular formula is C21H24N2O4S2. The molecule has 1 aliphatic heterocycles. The Hall–Kier alpha value is -2.32. The minimum Gasteiger partial charge on any atom is -0.326 e. The van der Waals surface area contributed by atoms with Crippen LogP contribution in [0.4, 0.5) is 11.4 Å². The van der Waals surface area contributed by atoms with Gasteiger partial charge >= 0.3 is 0 Å². The van der Waals surface area contributed by atoms with Gasteiger partial charge < -0.3 is 10.6 Å². The van der Waals surface area contributed by atoms with Gasteiger partial charge in [-0.2, -0.15) is 0 Å². The summed E-state index contributed by atoms with van der Waals surface area (Å²) in [7, 11) is -3.73. The molecule has 2 aromatic carbocycles. The topological polar surface area (TPSA) is 92.3 Å². The van der Waals surface area contributed by atoms with Gasteiger partial charge in [0.1, 0.15) is 0 Å². The first kappa shape index (κ1) is 21.4. The van der Waals surface area contributed by atoms with E-state index in [1.165, 1.54) is 30.8 Å². The monoisotopic (exact) mass is 432 g/mol. The van der Waals surface area contributed by atoms with Crippen LogP contribution in [0.5, 0.6) is 0 Å². The molecule has 154 valence electrons. The standard InChI is InChI=1S/C21H24N2O4S2/c1-13-4-6-17(14(2)10-13)22-21(25)11-15(3)29(26,27)16-5-7-19-18(12-16)23-20(24)8-9-28-19/h4-7,10,12,15H,8-9,11H2,1-3H3,(H,22,25)(H,23,24). The minimum absolute atomic E-state index is 0.103. The summed E-state index contributed by atoms with van der Waals surface area (Å²) in [4.78, 5) is 25.1. The second kappa shape index (κ2) is 8.59. The van der Waals surface area contributed by atoms with Gasteiger partial charge in [0.2, 0.25) is 11.8 Å². The molecule has 1 heterocycles. The van der Waals surface area contributed by atoms with Crippen molar-refractivity contribution in [1.82, 2.24) is 0 Å². The molecule has 0 radical (unpaired) electrons. The smallest absolute Gasteiger partial charge is 0.225 e. The second-order valence-corrected chi connectivity index (χ2v) is 10.7. The van der Waals surface area contributed by atoms with Crippen LogP contribution in [0.2, 0.25) is 0 Å². The Morgan fingerprint density at radius 3 is 2.69 bits per heavy atom. The van der Waals surface area contributed by atoms with E-state index in [1.54, 1.807) is 6.07 Å². The Bertz CT molecular complexity index is 1060. The van der Waals surface area contributed by atoms with Crippen molar-refractivity contribution in [2.45, 2.75) is 48.7 Å². The average molecular weight is 433 g/mol. The van der Waals surface area contributed by atoms with Crippen molar-refractivity contribution < 1.29 is 18.0 Å². The fraction of sp³-hybridized carbons (Fsp3) is 0.333. The van der Waals surface area contributed by atoms with Crippen molar-refractivity contribution in [2.24, 2.45) is 0 Å².